The number of pyridine rings is 1. The summed E-state index contributed by atoms with van der Waals surface area (Å²) >= 11 is 0. The largest absolute Gasteiger partial charge is 0.492 e. The van der Waals surface area contributed by atoms with E-state index in [9.17, 15) is 0 Å². The van der Waals surface area contributed by atoms with E-state index in [1.54, 1.807) is 4.52 Å². The molecule has 4 rings (SSSR count). The number of nitrogens with zero attached hydrogens (tertiary/aromatic N) is 5. The van der Waals surface area contributed by atoms with Crippen molar-refractivity contribution < 1.29 is 4.74 Å². The van der Waals surface area contributed by atoms with Gasteiger partial charge in [0.15, 0.2) is 5.65 Å². The van der Waals surface area contributed by atoms with Crippen molar-refractivity contribution in [1.29, 1.82) is 0 Å². The SMILES string of the molecule is CN(CCOc1ccccc1)Cc1cc(-c2ccccc2)cn2nnnc12. The van der Waals surface area contributed by atoms with Gasteiger partial charge in [-0.2, -0.15) is 4.52 Å². The monoisotopic (exact) mass is 359 g/mol. The summed E-state index contributed by atoms with van der Waals surface area (Å²) in [6.45, 7) is 2.17. The maximum Gasteiger partial charge on any atom is 0.183 e. The number of benzene rings is 2. The molecule has 136 valence electrons. The third-order valence-electron chi connectivity index (χ3n) is 4.40. The first kappa shape index (κ1) is 17.2. The van der Waals surface area contributed by atoms with Gasteiger partial charge in [0.05, 0.1) is 0 Å². The summed E-state index contributed by atoms with van der Waals surface area (Å²) < 4.78 is 7.53. The summed E-state index contributed by atoms with van der Waals surface area (Å²) in [6.07, 6.45) is 1.96. The van der Waals surface area contributed by atoms with E-state index in [0.717, 1.165) is 41.2 Å². The average molecular weight is 359 g/mol. The van der Waals surface area contributed by atoms with Crippen LogP contribution >= 0.6 is 0 Å². The molecule has 6 heteroatoms. The molecule has 0 N–H and O–H groups in total. The molecule has 0 bridgehead atoms. The Labute approximate surface area is 158 Å². The molecule has 0 saturated carbocycles. The van der Waals surface area contributed by atoms with E-state index in [4.69, 9.17) is 4.74 Å². The first-order valence-electron chi connectivity index (χ1n) is 8.92. The Bertz CT molecular complexity index is 1000. The Hall–Kier alpha value is -3.25. The van der Waals surface area contributed by atoms with E-state index in [1.807, 2.05) is 54.7 Å². The molecule has 2 aromatic carbocycles. The van der Waals surface area contributed by atoms with Crippen LogP contribution in [-0.2, 0) is 6.54 Å². The van der Waals surface area contributed by atoms with E-state index >= 15 is 0 Å². The second-order valence-corrected chi connectivity index (χ2v) is 6.47. The smallest absolute Gasteiger partial charge is 0.183 e. The number of ether oxygens (including phenoxy) is 1. The number of fused-ring (bicyclic) bond motifs is 1. The molecule has 0 saturated heterocycles. The topological polar surface area (TPSA) is 55.6 Å². The van der Waals surface area contributed by atoms with Crippen LogP contribution in [0.4, 0.5) is 0 Å². The Morgan fingerprint density at radius 3 is 2.48 bits per heavy atom. The molecule has 0 fully saturated rings. The van der Waals surface area contributed by atoms with E-state index < -0.39 is 0 Å². The van der Waals surface area contributed by atoms with Crippen LogP contribution in [0.5, 0.6) is 5.75 Å². The van der Waals surface area contributed by atoms with Crippen LogP contribution in [0.15, 0.2) is 72.9 Å². The number of rotatable bonds is 7. The van der Waals surface area contributed by atoms with Gasteiger partial charge in [-0.05, 0) is 41.2 Å². The number of aromatic nitrogens is 4. The lowest BCUT2D eigenvalue weighted by Crippen LogP contribution is -2.24. The lowest BCUT2D eigenvalue weighted by Gasteiger charge is -2.18. The van der Waals surface area contributed by atoms with Gasteiger partial charge in [-0.1, -0.05) is 48.5 Å². The Morgan fingerprint density at radius 2 is 1.70 bits per heavy atom. The van der Waals surface area contributed by atoms with Crippen molar-refractivity contribution in [2.45, 2.75) is 6.54 Å². The van der Waals surface area contributed by atoms with Crippen molar-refractivity contribution in [2.24, 2.45) is 0 Å². The fourth-order valence-electron chi connectivity index (χ4n) is 3.02. The molecule has 0 unspecified atom stereocenters. The minimum Gasteiger partial charge on any atom is -0.492 e. The van der Waals surface area contributed by atoms with Gasteiger partial charge in [-0.15, -0.1) is 5.10 Å². The molecular weight excluding hydrogens is 338 g/mol. The van der Waals surface area contributed by atoms with Crippen LogP contribution in [0.2, 0.25) is 0 Å². The van der Waals surface area contributed by atoms with Crippen LogP contribution in [0.1, 0.15) is 5.56 Å². The minimum atomic E-state index is 0.625. The van der Waals surface area contributed by atoms with Crippen LogP contribution < -0.4 is 4.74 Å². The normalized spacial score (nSPS) is 11.2. The first-order chi connectivity index (χ1) is 13.3. The second kappa shape index (κ2) is 7.97. The molecular formula is C21H21N5O. The number of likely N-dealkylation sites (N-methyl/N-ethyl adjacent to an activating group) is 1. The second-order valence-electron chi connectivity index (χ2n) is 6.47. The molecule has 6 nitrogen and oxygen atoms in total. The fraction of sp³-hybridized carbons (Fsp3) is 0.190. The van der Waals surface area contributed by atoms with Crippen molar-refractivity contribution in [2.75, 3.05) is 20.2 Å². The first-order valence-corrected chi connectivity index (χ1v) is 8.92. The summed E-state index contributed by atoms with van der Waals surface area (Å²) in [5.74, 6) is 0.890. The van der Waals surface area contributed by atoms with Crippen LogP contribution in [0, 0.1) is 0 Å². The molecule has 2 heterocycles. The molecule has 0 aliphatic heterocycles. The van der Waals surface area contributed by atoms with Crippen molar-refractivity contribution in [1.82, 2.24) is 24.9 Å². The third kappa shape index (κ3) is 4.12. The van der Waals surface area contributed by atoms with Gasteiger partial charge in [0, 0.05) is 30.4 Å². The van der Waals surface area contributed by atoms with Crippen molar-refractivity contribution in [3.05, 3.63) is 78.5 Å². The Balaban J connectivity index is 1.48. The maximum atomic E-state index is 5.79. The maximum absolute atomic E-state index is 5.79. The summed E-state index contributed by atoms with van der Waals surface area (Å²) in [7, 11) is 2.07. The molecule has 0 atom stereocenters. The lowest BCUT2D eigenvalue weighted by molar-refractivity contribution is 0.233. The molecule has 27 heavy (non-hydrogen) atoms. The summed E-state index contributed by atoms with van der Waals surface area (Å²) in [6, 6.07) is 22.3. The highest BCUT2D eigenvalue weighted by molar-refractivity contribution is 5.66. The molecule has 0 aliphatic rings. The van der Waals surface area contributed by atoms with E-state index in [-0.39, 0.29) is 0 Å². The number of para-hydroxylation sites is 1. The van der Waals surface area contributed by atoms with Gasteiger partial charge in [-0.25, -0.2) is 0 Å². The quantitative estimate of drug-likeness (QED) is 0.507. The third-order valence-corrected chi connectivity index (χ3v) is 4.40. The zero-order valence-corrected chi connectivity index (χ0v) is 15.2. The zero-order chi connectivity index (χ0) is 18.5. The van der Waals surface area contributed by atoms with E-state index in [2.05, 4.69) is 45.7 Å². The van der Waals surface area contributed by atoms with Gasteiger partial charge < -0.3 is 4.74 Å². The average Bonchev–Trinajstić information content (AvgIpc) is 3.18. The van der Waals surface area contributed by atoms with Gasteiger partial charge in [-0.3, -0.25) is 4.90 Å². The number of hydrogen-bond donors (Lipinski definition) is 0. The summed E-state index contributed by atoms with van der Waals surface area (Å²) in [5.41, 5.74) is 4.11. The summed E-state index contributed by atoms with van der Waals surface area (Å²) in [5, 5.41) is 12.1. The summed E-state index contributed by atoms with van der Waals surface area (Å²) in [4.78, 5) is 2.21. The molecule has 0 aliphatic carbocycles. The Morgan fingerprint density at radius 1 is 0.963 bits per heavy atom. The van der Waals surface area contributed by atoms with Crippen molar-refractivity contribution in [3.63, 3.8) is 0 Å². The highest BCUT2D eigenvalue weighted by atomic mass is 16.5. The van der Waals surface area contributed by atoms with Crippen molar-refractivity contribution in [3.8, 4) is 16.9 Å². The number of tetrazole rings is 1. The van der Waals surface area contributed by atoms with Crippen LogP contribution in [0.3, 0.4) is 0 Å². The molecule has 0 spiro atoms. The number of hydrogen-bond acceptors (Lipinski definition) is 5. The molecule has 0 amide bonds. The van der Waals surface area contributed by atoms with Crippen LogP contribution in [0.25, 0.3) is 16.8 Å². The van der Waals surface area contributed by atoms with Gasteiger partial charge in [0.25, 0.3) is 0 Å². The van der Waals surface area contributed by atoms with Crippen LogP contribution in [-0.4, -0.2) is 45.1 Å². The highest BCUT2D eigenvalue weighted by Gasteiger charge is 2.11. The Kier molecular flexibility index (Phi) is 5.07. The van der Waals surface area contributed by atoms with Crippen molar-refractivity contribution >= 4 is 5.65 Å². The van der Waals surface area contributed by atoms with E-state index in [1.165, 1.54) is 0 Å². The predicted octanol–water partition coefficient (Wildman–Crippen LogP) is 3.30. The fourth-order valence-corrected chi connectivity index (χ4v) is 3.02. The van der Waals surface area contributed by atoms with E-state index in [0.29, 0.717) is 6.61 Å². The lowest BCUT2D eigenvalue weighted by atomic mass is 10.1. The highest BCUT2D eigenvalue weighted by Crippen LogP contribution is 2.22. The standard InChI is InChI=1S/C21H21N5O/c1-25(12-13-27-20-10-6-3-7-11-20)15-19-14-18(17-8-4-2-5-9-17)16-26-21(19)22-23-24-26/h2-11,14,16H,12-13,15H2,1H3. The molecule has 4 aromatic rings. The minimum absolute atomic E-state index is 0.625. The van der Waals surface area contributed by atoms with Gasteiger partial charge >= 0.3 is 0 Å². The van der Waals surface area contributed by atoms with Gasteiger partial charge in [0.2, 0.25) is 0 Å². The predicted molar refractivity (Wildman–Crippen MR) is 104 cm³/mol. The van der Waals surface area contributed by atoms with Gasteiger partial charge in [0.1, 0.15) is 12.4 Å². The molecule has 0 radical (unpaired) electrons. The zero-order valence-electron chi connectivity index (χ0n) is 15.2. The molecule has 2 aromatic heterocycles.